The van der Waals surface area contributed by atoms with Crippen molar-refractivity contribution in [3.8, 4) is 11.5 Å². The minimum atomic E-state index is 0.0558. The summed E-state index contributed by atoms with van der Waals surface area (Å²) in [5.41, 5.74) is 3.12. The van der Waals surface area contributed by atoms with Gasteiger partial charge in [0.1, 0.15) is 0 Å². The third-order valence-corrected chi connectivity index (χ3v) is 5.90. The molecular weight excluding hydrogens is 440 g/mol. The van der Waals surface area contributed by atoms with Crippen LogP contribution in [0.15, 0.2) is 34.8 Å². The van der Waals surface area contributed by atoms with Crippen LogP contribution in [-0.4, -0.2) is 26.3 Å². The van der Waals surface area contributed by atoms with E-state index in [1.807, 2.05) is 32.0 Å². The largest absolute Gasteiger partial charge is 0.493 e. The highest BCUT2D eigenvalue weighted by Crippen LogP contribution is 2.38. The van der Waals surface area contributed by atoms with Crippen LogP contribution in [0.4, 0.5) is 11.4 Å². The third kappa shape index (κ3) is 5.06. The van der Waals surface area contributed by atoms with Gasteiger partial charge in [-0.15, -0.1) is 0 Å². The van der Waals surface area contributed by atoms with Gasteiger partial charge in [0.15, 0.2) is 11.5 Å². The van der Waals surface area contributed by atoms with Gasteiger partial charge >= 0.3 is 0 Å². The van der Waals surface area contributed by atoms with E-state index in [0.717, 1.165) is 51.0 Å². The Hall–Kier alpha value is -1.59. The molecule has 1 heterocycles. The maximum absolute atomic E-state index is 6.59. The molecule has 0 radical (unpaired) electrons. The summed E-state index contributed by atoms with van der Waals surface area (Å²) in [5, 5.41) is 4.26. The summed E-state index contributed by atoms with van der Waals surface area (Å²) in [4.78, 5) is 2.38. The fourth-order valence-corrected chi connectivity index (χ4v) is 4.22. The molecular formula is C22H28BrClN2O2. The molecule has 0 amide bonds. The van der Waals surface area contributed by atoms with Gasteiger partial charge in [-0.1, -0.05) is 27.5 Å². The maximum Gasteiger partial charge on any atom is 0.167 e. The monoisotopic (exact) mass is 466 g/mol. The molecule has 3 rings (SSSR count). The van der Waals surface area contributed by atoms with Crippen LogP contribution in [0.1, 0.15) is 38.7 Å². The summed E-state index contributed by atoms with van der Waals surface area (Å²) in [7, 11) is 1.66. The maximum atomic E-state index is 6.59. The van der Waals surface area contributed by atoms with Gasteiger partial charge < -0.3 is 19.7 Å². The molecule has 0 atom stereocenters. The first kappa shape index (κ1) is 21.1. The summed E-state index contributed by atoms with van der Waals surface area (Å²) in [6.45, 7) is 6.78. The summed E-state index contributed by atoms with van der Waals surface area (Å²) in [6, 6.07) is 10.1. The molecule has 1 aliphatic heterocycles. The lowest BCUT2D eigenvalue weighted by Crippen LogP contribution is -2.29. The van der Waals surface area contributed by atoms with Crippen LogP contribution in [0.5, 0.6) is 11.5 Å². The van der Waals surface area contributed by atoms with Gasteiger partial charge in [-0.05, 0) is 63.4 Å². The van der Waals surface area contributed by atoms with Crippen LogP contribution in [0.25, 0.3) is 0 Å². The highest BCUT2D eigenvalue weighted by molar-refractivity contribution is 9.10. The SMILES string of the molecule is COc1ccc(Br)c(CNc2ccc(N3CCCCC3)c(Cl)c2)c1OC(C)C. The second-order valence-electron chi connectivity index (χ2n) is 7.29. The van der Waals surface area contributed by atoms with Crippen molar-refractivity contribution in [3.05, 3.63) is 45.4 Å². The van der Waals surface area contributed by atoms with Crippen molar-refractivity contribution in [1.29, 1.82) is 0 Å². The number of ether oxygens (including phenoxy) is 2. The lowest BCUT2D eigenvalue weighted by Gasteiger charge is -2.29. The molecule has 152 valence electrons. The predicted molar refractivity (Wildman–Crippen MR) is 121 cm³/mol. The lowest BCUT2D eigenvalue weighted by atomic mass is 10.1. The zero-order valence-corrected chi connectivity index (χ0v) is 19.1. The lowest BCUT2D eigenvalue weighted by molar-refractivity contribution is 0.227. The molecule has 0 bridgehead atoms. The summed E-state index contributed by atoms with van der Waals surface area (Å²) < 4.78 is 12.5. The average Bonchev–Trinajstić information content (AvgIpc) is 2.68. The second-order valence-corrected chi connectivity index (χ2v) is 8.55. The number of benzene rings is 2. The van der Waals surface area contributed by atoms with Gasteiger partial charge in [0.05, 0.1) is 23.9 Å². The van der Waals surface area contributed by atoms with Gasteiger partial charge in [-0.25, -0.2) is 0 Å². The van der Waals surface area contributed by atoms with E-state index in [4.69, 9.17) is 21.1 Å². The topological polar surface area (TPSA) is 33.7 Å². The van der Waals surface area contributed by atoms with Crippen LogP contribution in [-0.2, 0) is 6.54 Å². The van der Waals surface area contributed by atoms with Crippen LogP contribution >= 0.6 is 27.5 Å². The van der Waals surface area contributed by atoms with Gasteiger partial charge in [0, 0.05) is 35.4 Å². The zero-order valence-electron chi connectivity index (χ0n) is 16.7. The molecule has 1 fully saturated rings. The number of methoxy groups -OCH3 is 1. The van der Waals surface area contributed by atoms with E-state index in [0.29, 0.717) is 6.54 Å². The molecule has 0 aliphatic carbocycles. The van der Waals surface area contributed by atoms with Crippen LogP contribution in [0.2, 0.25) is 5.02 Å². The highest BCUT2D eigenvalue weighted by Gasteiger charge is 2.17. The van der Waals surface area contributed by atoms with Gasteiger partial charge in [-0.3, -0.25) is 0 Å². The molecule has 0 aromatic heterocycles. The number of anilines is 2. The Morgan fingerprint density at radius 2 is 1.89 bits per heavy atom. The molecule has 1 aliphatic rings. The van der Waals surface area contributed by atoms with Gasteiger partial charge in [0.2, 0.25) is 0 Å². The number of piperidine rings is 1. The average molecular weight is 468 g/mol. The minimum Gasteiger partial charge on any atom is -0.493 e. The first-order chi connectivity index (χ1) is 13.5. The molecule has 28 heavy (non-hydrogen) atoms. The van der Waals surface area contributed by atoms with Crippen LogP contribution < -0.4 is 19.7 Å². The Morgan fingerprint density at radius 3 is 2.54 bits per heavy atom. The third-order valence-electron chi connectivity index (χ3n) is 4.85. The minimum absolute atomic E-state index is 0.0558. The molecule has 0 saturated carbocycles. The first-order valence-corrected chi connectivity index (χ1v) is 11.0. The van der Waals surface area contributed by atoms with E-state index in [1.54, 1.807) is 7.11 Å². The smallest absolute Gasteiger partial charge is 0.167 e. The number of hydrogen-bond donors (Lipinski definition) is 1. The van der Waals surface area contributed by atoms with Crippen molar-refractivity contribution in [2.24, 2.45) is 0 Å². The number of halogens is 2. The molecule has 6 heteroatoms. The predicted octanol–water partition coefficient (Wildman–Crippen LogP) is 6.50. The van der Waals surface area contributed by atoms with Crippen molar-refractivity contribution in [2.75, 3.05) is 30.4 Å². The Kier molecular flexibility index (Phi) is 7.36. The van der Waals surface area contributed by atoms with E-state index in [-0.39, 0.29) is 6.10 Å². The van der Waals surface area contributed by atoms with Crippen molar-refractivity contribution in [1.82, 2.24) is 0 Å². The number of rotatable bonds is 7. The Bertz CT molecular complexity index is 807. The van der Waals surface area contributed by atoms with Crippen molar-refractivity contribution < 1.29 is 9.47 Å². The summed E-state index contributed by atoms with van der Waals surface area (Å²) in [5.74, 6) is 1.49. The summed E-state index contributed by atoms with van der Waals surface area (Å²) >= 11 is 10.2. The van der Waals surface area contributed by atoms with Crippen LogP contribution in [0, 0.1) is 0 Å². The normalized spacial score (nSPS) is 14.3. The zero-order chi connectivity index (χ0) is 20.1. The van der Waals surface area contributed by atoms with Crippen molar-refractivity contribution >= 4 is 38.9 Å². The molecule has 2 aromatic rings. The Labute approximate surface area is 181 Å². The standard InChI is InChI=1S/C22H28BrClN2O2/c1-15(2)28-22-17(18(23)8-10-21(22)27-3)14-25-16-7-9-20(19(24)13-16)26-11-5-4-6-12-26/h7-10,13,15,25H,4-6,11-12,14H2,1-3H3. The number of hydrogen-bond acceptors (Lipinski definition) is 4. The molecule has 1 N–H and O–H groups in total. The first-order valence-electron chi connectivity index (χ1n) is 9.80. The fraction of sp³-hybridized carbons (Fsp3) is 0.455. The number of nitrogens with one attached hydrogen (secondary N) is 1. The fourth-order valence-electron chi connectivity index (χ4n) is 3.47. The quantitative estimate of drug-likeness (QED) is 0.504. The van der Waals surface area contributed by atoms with E-state index in [9.17, 15) is 0 Å². The van der Waals surface area contributed by atoms with Crippen molar-refractivity contribution in [2.45, 2.75) is 45.8 Å². The van der Waals surface area contributed by atoms with Gasteiger partial charge in [-0.2, -0.15) is 0 Å². The number of nitrogens with zero attached hydrogens (tertiary/aromatic N) is 1. The highest BCUT2D eigenvalue weighted by atomic mass is 79.9. The van der Waals surface area contributed by atoms with E-state index in [1.165, 1.54) is 19.3 Å². The Balaban J connectivity index is 1.77. The van der Waals surface area contributed by atoms with Crippen LogP contribution in [0.3, 0.4) is 0 Å². The van der Waals surface area contributed by atoms with E-state index < -0.39 is 0 Å². The molecule has 0 spiro atoms. The second kappa shape index (κ2) is 9.75. The van der Waals surface area contributed by atoms with Gasteiger partial charge in [0.25, 0.3) is 0 Å². The van der Waals surface area contributed by atoms with E-state index in [2.05, 4.69) is 38.3 Å². The van der Waals surface area contributed by atoms with Crippen molar-refractivity contribution in [3.63, 3.8) is 0 Å². The molecule has 2 aromatic carbocycles. The molecule has 0 unspecified atom stereocenters. The summed E-state index contributed by atoms with van der Waals surface area (Å²) in [6.07, 6.45) is 3.84. The molecule has 1 saturated heterocycles. The Morgan fingerprint density at radius 1 is 1.14 bits per heavy atom. The molecule has 4 nitrogen and oxygen atoms in total. The van der Waals surface area contributed by atoms with E-state index >= 15 is 0 Å².